The highest BCUT2D eigenvalue weighted by molar-refractivity contribution is 5.57. The van der Waals surface area contributed by atoms with E-state index in [1.165, 1.54) is 0 Å². The molecule has 1 aliphatic rings. The Hall–Kier alpha value is -1.79. The summed E-state index contributed by atoms with van der Waals surface area (Å²) in [4.78, 5) is 8.43. The van der Waals surface area contributed by atoms with E-state index in [-0.39, 0.29) is 12.1 Å². The smallest absolute Gasteiger partial charge is 0.244 e. The van der Waals surface area contributed by atoms with Gasteiger partial charge in [-0.2, -0.15) is 4.98 Å². The van der Waals surface area contributed by atoms with Crippen molar-refractivity contribution in [2.75, 3.05) is 6.54 Å². The summed E-state index contributed by atoms with van der Waals surface area (Å²) in [7, 11) is 0. The Morgan fingerprint density at radius 3 is 3.11 bits per heavy atom. The molecule has 0 amide bonds. The molecular formula is C12H14N4O2. The number of aliphatic hydroxyl groups excluding tert-OH is 1. The van der Waals surface area contributed by atoms with Gasteiger partial charge in [0.25, 0.3) is 0 Å². The number of hydrogen-bond acceptors (Lipinski definition) is 6. The third kappa shape index (κ3) is 2.00. The van der Waals surface area contributed by atoms with Crippen LogP contribution >= 0.6 is 0 Å². The van der Waals surface area contributed by atoms with Crippen molar-refractivity contribution in [2.45, 2.75) is 25.5 Å². The van der Waals surface area contributed by atoms with Gasteiger partial charge in [-0.15, -0.1) is 0 Å². The van der Waals surface area contributed by atoms with E-state index >= 15 is 0 Å². The van der Waals surface area contributed by atoms with Crippen LogP contribution in [0.15, 0.2) is 23.0 Å². The Bertz CT molecular complexity index is 555. The van der Waals surface area contributed by atoms with Crippen molar-refractivity contribution in [1.29, 1.82) is 0 Å². The SMILES string of the molecule is Cc1ccncc1-c1noc([C@@H]2C[C@@H](O)CN2)n1. The molecule has 0 radical (unpaired) electrons. The number of rotatable bonds is 2. The molecule has 6 nitrogen and oxygen atoms in total. The summed E-state index contributed by atoms with van der Waals surface area (Å²) in [5, 5.41) is 16.6. The average Bonchev–Trinajstić information content (AvgIpc) is 2.98. The number of nitrogens with one attached hydrogen (secondary N) is 1. The van der Waals surface area contributed by atoms with Gasteiger partial charge in [-0.25, -0.2) is 0 Å². The molecule has 0 aromatic carbocycles. The summed E-state index contributed by atoms with van der Waals surface area (Å²) in [6.45, 7) is 2.54. The van der Waals surface area contributed by atoms with Gasteiger partial charge in [0.05, 0.1) is 12.1 Å². The van der Waals surface area contributed by atoms with Crippen LogP contribution in [0.4, 0.5) is 0 Å². The minimum Gasteiger partial charge on any atom is -0.392 e. The zero-order chi connectivity index (χ0) is 12.5. The molecule has 6 heteroatoms. The van der Waals surface area contributed by atoms with Gasteiger partial charge in [0.15, 0.2) is 0 Å². The lowest BCUT2D eigenvalue weighted by Gasteiger charge is -2.01. The molecule has 2 aromatic heterocycles. The number of nitrogens with zero attached hydrogens (tertiary/aromatic N) is 3. The van der Waals surface area contributed by atoms with E-state index in [9.17, 15) is 5.11 Å². The second-order valence-corrected chi connectivity index (χ2v) is 4.50. The van der Waals surface area contributed by atoms with E-state index in [4.69, 9.17) is 4.52 Å². The van der Waals surface area contributed by atoms with Crippen LogP contribution in [-0.2, 0) is 0 Å². The van der Waals surface area contributed by atoms with E-state index in [2.05, 4.69) is 20.4 Å². The van der Waals surface area contributed by atoms with Gasteiger partial charge in [0.1, 0.15) is 0 Å². The minimum atomic E-state index is -0.342. The highest BCUT2D eigenvalue weighted by Crippen LogP contribution is 2.25. The average molecular weight is 246 g/mol. The molecule has 3 rings (SSSR count). The van der Waals surface area contributed by atoms with E-state index in [1.54, 1.807) is 12.4 Å². The monoisotopic (exact) mass is 246 g/mol. The van der Waals surface area contributed by atoms with Gasteiger partial charge in [0.2, 0.25) is 11.7 Å². The molecule has 3 heterocycles. The molecule has 18 heavy (non-hydrogen) atoms. The number of β-amino-alcohol motifs (C(OH)–C–C–N with tert-alkyl or cyclic N) is 1. The van der Waals surface area contributed by atoms with Gasteiger partial charge < -0.3 is 14.9 Å². The first kappa shape index (κ1) is 11.3. The van der Waals surface area contributed by atoms with Crippen molar-refractivity contribution in [3.63, 3.8) is 0 Å². The molecule has 0 saturated carbocycles. The van der Waals surface area contributed by atoms with E-state index in [0.717, 1.165) is 11.1 Å². The van der Waals surface area contributed by atoms with E-state index < -0.39 is 0 Å². The van der Waals surface area contributed by atoms with E-state index in [0.29, 0.717) is 24.7 Å². The molecule has 1 fully saturated rings. The van der Waals surface area contributed by atoms with Crippen molar-refractivity contribution >= 4 is 0 Å². The maximum atomic E-state index is 9.47. The van der Waals surface area contributed by atoms with E-state index in [1.807, 2.05) is 13.0 Å². The van der Waals surface area contributed by atoms with Crippen LogP contribution < -0.4 is 5.32 Å². The number of aromatic nitrogens is 3. The van der Waals surface area contributed by atoms with Crippen LogP contribution in [0.5, 0.6) is 0 Å². The van der Waals surface area contributed by atoms with Crippen LogP contribution in [0.2, 0.25) is 0 Å². The Morgan fingerprint density at radius 2 is 2.39 bits per heavy atom. The second-order valence-electron chi connectivity index (χ2n) is 4.50. The topological polar surface area (TPSA) is 84.1 Å². The first-order chi connectivity index (χ1) is 8.74. The molecule has 0 unspecified atom stereocenters. The lowest BCUT2D eigenvalue weighted by molar-refractivity contribution is 0.191. The van der Waals surface area contributed by atoms with Crippen LogP contribution in [-0.4, -0.2) is 32.9 Å². The lowest BCUT2D eigenvalue weighted by atomic mass is 10.1. The lowest BCUT2D eigenvalue weighted by Crippen LogP contribution is -2.15. The fourth-order valence-electron chi connectivity index (χ4n) is 2.09. The van der Waals surface area contributed by atoms with Crippen molar-refractivity contribution in [3.8, 4) is 11.4 Å². The quantitative estimate of drug-likeness (QED) is 0.816. The van der Waals surface area contributed by atoms with Gasteiger partial charge in [-0.1, -0.05) is 5.16 Å². The zero-order valence-corrected chi connectivity index (χ0v) is 10.00. The summed E-state index contributed by atoms with van der Waals surface area (Å²) in [5.74, 6) is 1.06. The largest absolute Gasteiger partial charge is 0.392 e. The molecule has 0 bridgehead atoms. The predicted octanol–water partition coefficient (Wildman–Crippen LogP) is 0.835. The van der Waals surface area contributed by atoms with Gasteiger partial charge in [-0.05, 0) is 25.0 Å². The van der Waals surface area contributed by atoms with Gasteiger partial charge >= 0.3 is 0 Å². The predicted molar refractivity (Wildman–Crippen MR) is 63.6 cm³/mol. The summed E-state index contributed by atoms with van der Waals surface area (Å²) < 4.78 is 5.24. The first-order valence-electron chi connectivity index (χ1n) is 5.90. The molecule has 1 aliphatic heterocycles. The molecule has 2 aromatic rings. The second kappa shape index (κ2) is 4.47. The maximum absolute atomic E-state index is 9.47. The van der Waals surface area contributed by atoms with Crippen LogP contribution in [0, 0.1) is 6.92 Å². The summed E-state index contributed by atoms with van der Waals surface area (Å²) in [6, 6.07) is 1.85. The maximum Gasteiger partial charge on any atom is 0.244 e. The Kier molecular flexibility index (Phi) is 2.81. The Morgan fingerprint density at radius 1 is 1.50 bits per heavy atom. The first-order valence-corrected chi connectivity index (χ1v) is 5.90. The number of pyridine rings is 1. The highest BCUT2D eigenvalue weighted by atomic mass is 16.5. The minimum absolute atomic E-state index is 0.0572. The van der Waals surface area contributed by atoms with Gasteiger partial charge in [0, 0.05) is 24.5 Å². The molecule has 0 aliphatic carbocycles. The molecule has 0 spiro atoms. The third-order valence-corrected chi connectivity index (χ3v) is 3.13. The number of aryl methyl sites for hydroxylation is 1. The summed E-state index contributed by atoms with van der Waals surface area (Å²) in [5.41, 5.74) is 1.92. The normalized spacial score (nSPS) is 23.4. The van der Waals surface area contributed by atoms with Crippen molar-refractivity contribution in [3.05, 3.63) is 29.9 Å². The Labute approximate surface area is 104 Å². The van der Waals surface area contributed by atoms with Gasteiger partial charge in [-0.3, -0.25) is 4.98 Å². The zero-order valence-electron chi connectivity index (χ0n) is 10.00. The molecule has 2 atom stereocenters. The number of aliphatic hydroxyl groups is 1. The van der Waals surface area contributed by atoms with Crippen molar-refractivity contribution in [2.24, 2.45) is 0 Å². The summed E-state index contributed by atoms with van der Waals surface area (Å²) in [6.07, 6.45) is 3.72. The molecule has 94 valence electrons. The Balaban J connectivity index is 1.88. The molecule has 2 N–H and O–H groups in total. The van der Waals surface area contributed by atoms with Crippen molar-refractivity contribution in [1.82, 2.24) is 20.4 Å². The molecular weight excluding hydrogens is 232 g/mol. The number of hydrogen-bond donors (Lipinski definition) is 2. The highest BCUT2D eigenvalue weighted by Gasteiger charge is 2.28. The fourth-order valence-corrected chi connectivity index (χ4v) is 2.09. The van der Waals surface area contributed by atoms with Crippen LogP contribution in [0.1, 0.15) is 23.9 Å². The van der Waals surface area contributed by atoms with Crippen LogP contribution in [0.25, 0.3) is 11.4 Å². The summed E-state index contributed by atoms with van der Waals surface area (Å²) >= 11 is 0. The third-order valence-electron chi connectivity index (χ3n) is 3.13. The van der Waals surface area contributed by atoms with Crippen molar-refractivity contribution < 1.29 is 9.63 Å². The van der Waals surface area contributed by atoms with Crippen LogP contribution in [0.3, 0.4) is 0 Å². The fraction of sp³-hybridized carbons (Fsp3) is 0.417. The standard InChI is InChI=1S/C12H14N4O2/c1-7-2-3-13-6-9(7)11-15-12(18-16-11)10-4-8(17)5-14-10/h2-3,6,8,10,14,17H,4-5H2,1H3/t8-,10+/m1/s1. The molecule has 1 saturated heterocycles.